The maximum absolute atomic E-state index is 12.3. The quantitative estimate of drug-likeness (QED) is 0.877. The van der Waals surface area contributed by atoms with Gasteiger partial charge in [0.05, 0.1) is 11.4 Å². The Morgan fingerprint density at radius 3 is 3.00 bits per heavy atom. The molecule has 0 fully saturated rings. The zero-order valence-corrected chi connectivity index (χ0v) is 11.9. The number of hydrogen-bond acceptors (Lipinski definition) is 3. The summed E-state index contributed by atoms with van der Waals surface area (Å²) < 4.78 is 5.33. The lowest BCUT2D eigenvalue weighted by Gasteiger charge is -2.27. The molecule has 19 heavy (non-hydrogen) atoms. The fourth-order valence-corrected chi connectivity index (χ4v) is 2.27. The minimum Gasteiger partial charge on any atom is -0.383 e. The molecule has 1 aliphatic heterocycles. The third kappa shape index (κ3) is 2.73. The summed E-state index contributed by atoms with van der Waals surface area (Å²) in [7, 11) is 1.57. The molecule has 1 atom stereocenters. The van der Waals surface area contributed by atoms with Gasteiger partial charge >= 0.3 is 0 Å². The molecule has 0 aromatic heterocycles. The van der Waals surface area contributed by atoms with Crippen LogP contribution in [0.1, 0.15) is 32.3 Å². The Hall–Kier alpha value is -1.55. The molecule has 1 amide bonds. The first kappa shape index (κ1) is 13.9. The molecule has 0 saturated heterocycles. The number of rotatable bonds is 4. The Bertz CT molecular complexity index is 467. The molecule has 1 aliphatic rings. The molecule has 4 nitrogen and oxygen atoms in total. The highest BCUT2D eigenvalue weighted by atomic mass is 16.5. The van der Waals surface area contributed by atoms with E-state index in [0.717, 1.165) is 30.8 Å². The third-order valence-electron chi connectivity index (χ3n) is 3.93. The lowest BCUT2D eigenvalue weighted by molar-refractivity contribution is -0.136. The first-order valence-electron chi connectivity index (χ1n) is 6.83. The smallest absolute Gasteiger partial charge is 0.256 e. The summed E-state index contributed by atoms with van der Waals surface area (Å²) in [5, 5.41) is 6.35. The van der Waals surface area contributed by atoms with Crippen molar-refractivity contribution in [3.63, 3.8) is 0 Å². The maximum Gasteiger partial charge on any atom is 0.256 e. The van der Waals surface area contributed by atoms with Gasteiger partial charge in [-0.1, -0.05) is 19.1 Å². The number of carbonyl (C=O) groups excluding carboxylic acids is 1. The van der Waals surface area contributed by atoms with Gasteiger partial charge in [-0.2, -0.15) is 0 Å². The van der Waals surface area contributed by atoms with Gasteiger partial charge in [0, 0.05) is 13.7 Å². The van der Waals surface area contributed by atoms with E-state index >= 15 is 0 Å². The fourth-order valence-electron chi connectivity index (χ4n) is 2.27. The van der Waals surface area contributed by atoms with Crippen LogP contribution in [0.4, 0.5) is 11.4 Å². The third-order valence-corrected chi connectivity index (χ3v) is 3.93. The highest BCUT2D eigenvalue weighted by molar-refractivity contribution is 5.99. The lowest BCUT2D eigenvalue weighted by atomic mass is 10.00. The van der Waals surface area contributed by atoms with Crippen LogP contribution in [0.25, 0.3) is 0 Å². The van der Waals surface area contributed by atoms with Crippen molar-refractivity contribution in [2.75, 3.05) is 24.3 Å². The molecule has 1 aromatic rings. The van der Waals surface area contributed by atoms with Crippen LogP contribution >= 0.6 is 0 Å². The molecule has 0 spiro atoms. The van der Waals surface area contributed by atoms with Gasteiger partial charge in [-0.3, -0.25) is 4.79 Å². The molecule has 1 unspecified atom stereocenters. The maximum atomic E-state index is 12.3. The predicted molar refractivity (Wildman–Crippen MR) is 77.6 cm³/mol. The van der Waals surface area contributed by atoms with E-state index < -0.39 is 5.60 Å². The summed E-state index contributed by atoms with van der Waals surface area (Å²) in [5.41, 5.74) is 2.38. The average Bonchev–Trinajstić information content (AvgIpc) is 2.46. The first-order valence-corrected chi connectivity index (χ1v) is 6.83. The van der Waals surface area contributed by atoms with Crippen molar-refractivity contribution >= 4 is 17.3 Å². The Balaban J connectivity index is 2.22. The normalized spacial score (nSPS) is 17.0. The molecule has 2 N–H and O–H groups in total. The van der Waals surface area contributed by atoms with Crippen LogP contribution in [-0.2, 0) is 16.0 Å². The fraction of sp³-hybridized carbons (Fsp3) is 0.533. The standard InChI is InChI=1S/C15H22N2O2/c1-4-15(2,19-3)14(18)17-12-9-5-7-11-8-6-10-16-13(11)12/h5,7,9,16H,4,6,8,10H2,1-3H3,(H,17,18). The topological polar surface area (TPSA) is 50.4 Å². The van der Waals surface area contributed by atoms with Gasteiger partial charge in [-0.25, -0.2) is 0 Å². The van der Waals surface area contributed by atoms with Crippen molar-refractivity contribution in [2.24, 2.45) is 0 Å². The number of hydrogen-bond donors (Lipinski definition) is 2. The number of benzene rings is 1. The monoisotopic (exact) mass is 262 g/mol. The minimum atomic E-state index is -0.780. The van der Waals surface area contributed by atoms with Crippen LogP contribution in [0.2, 0.25) is 0 Å². The number of nitrogens with one attached hydrogen (secondary N) is 2. The van der Waals surface area contributed by atoms with Gasteiger partial charge in [0.1, 0.15) is 5.60 Å². The zero-order valence-electron chi connectivity index (χ0n) is 11.9. The molecule has 0 aliphatic carbocycles. The van der Waals surface area contributed by atoms with Gasteiger partial charge in [-0.15, -0.1) is 0 Å². The Morgan fingerprint density at radius 1 is 1.53 bits per heavy atom. The van der Waals surface area contributed by atoms with Crippen LogP contribution < -0.4 is 10.6 Å². The average molecular weight is 262 g/mol. The highest BCUT2D eigenvalue weighted by Gasteiger charge is 2.31. The summed E-state index contributed by atoms with van der Waals surface area (Å²) in [4.78, 5) is 12.3. The molecule has 0 bridgehead atoms. The second kappa shape index (κ2) is 5.61. The molecular weight excluding hydrogens is 240 g/mol. The van der Waals surface area contributed by atoms with Crippen LogP contribution in [0, 0.1) is 0 Å². The number of para-hydroxylation sites is 1. The van der Waals surface area contributed by atoms with E-state index in [9.17, 15) is 4.79 Å². The van der Waals surface area contributed by atoms with Crippen LogP contribution in [0.15, 0.2) is 18.2 Å². The number of methoxy groups -OCH3 is 1. The summed E-state index contributed by atoms with van der Waals surface area (Å²) in [6.07, 6.45) is 2.83. The van der Waals surface area contributed by atoms with Crippen molar-refractivity contribution in [1.82, 2.24) is 0 Å². The molecule has 104 valence electrons. The van der Waals surface area contributed by atoms with Crippen molar-refractivity contribution in [2.45, 2.75) is 38.7 Å². The molecule has 0 saturated carbocycles. The molecule has 1 aromatic carbocycles. The van der Waals surface area contributed by atoms with E-state index in [4.69, 9.17) is 4.74 Å². The molecule has 1 heterocycles. The number of fused-ring (bicyclic) bond motifs is 1. The Kier molecular flexibility index (Phi) is 4.10. The predicted octanol–water partition coefficient (Wildman–Crippen LogP) is 2.80. The van der Waals surface area contributed by atoms with Gasteiger partial charge in [0.2, 0.25) is 0 Å². The molecule has 0 radical (unpaired) electrons. The van der Waals surface area contributed by atoms with Crippen molar-refractivity contribution in [3.8, 4) is 0 Å². The number of amides is 1. The lowest BCUT2D eigenvalue weighted by Crippen LogP contribution is -2.41. The second-order valence-electron chi connectivity index (χ2n) is 5.11. The van der Waals surface area contributed by atoms with E-state index in [1.807, 2.05) is 26.0 Å². The molecule has 2 rings (SSSR count). The van der Waals surface area contributed by atoms with Crippen LogP contribution in [0.3, 0.4) is 0 Å². The summed E-state index contributed by atoms with van der Waals surface area (Å²) in [6.45, 7) is 4.71. The summed E-state index contributed by atoms with van der Waals surface area (Å²) in [6, 6.07) is 6.02. The van der Waals surface area contributed by atoms with Crippen LogP contribution in [0.5, 0.6) is 0 Å². The van der Waals surface area contributed by atoms with Crippen molar-refractivity contribution < 1.29 is 9.53 Å². The van der Waals surface area contributed by atoms with E-state index in [1.165, 1.54) is 5.56 Å². The van der Waals surface area contributed by atoms with Gasteiger partial charge in [-0.05, 0) is 37.8 Å². The number of carbonyl (C=O) groups is 1. The van der Waals surface area contributed by atoms with Crippen molar-refractivity contribution in [1.29, 1.82) is 0 Å². The van der Waals surface area contributed by atoms with E-state index in [-0.39, 0.29) is 5.91 Å². The largest absolute Gasteiger partial charge is 0.383 e. The summed E-state index contributed by atoms with van der Waals surface area (Å²) in [5.74, 6) is -0.0988. The second-order valence-corrected chi connectivity index (χ2v) is 5.11. The van der Waals surface area contributed by atoms with E-state index in [2.05, 4.69) is 16.7 Å². The van der Waals surface area contributed by atoms with E-state index in [0.29, 0.717) is 6.42 Å². The number of ether oxygens (including phenoxy) is 1. The zero-order chi connectivity index (χ0) is 13.9. The van der Waals surface area contributed by atoms with Gasteiger partial charge in [0.25, 0.3) is 5.91 Å². The van der Waals surface area contributed by atoms with E-state index in [1.54, 1.807) is 7.11 Å². The SMILES string of the molecule is CCC(C)(OC)C(=O)Nc1cccc2c1NCCC2. The number of aryl methyl sites for hydroxylation is 1. The highest BCUT2D eigenvalue weighted by Crippen LogP contribution is 2.31. The van der Waals surface area contributed by atoms with Crippen molar-refractivity contribution in [3.05, 3.63) is 23.8 Å². The Morgan fingerprint density at radius 2 is 2.32 bits per heavy atom. The molecule has 4 heteroatoms. The summed E-state index contributed by atoms with van der Waals surface area (Å²) >= 11 is 0. The molecular formula is C15H22N2O2. The Labute approximate surface area is 114 Å². The van der Waals surface area contributed by atoms with Gasteiger partial charge in [0.15, 0.2) is 0 Å². The minimum absolute atomic E-state index is 0.0988. The van der Waals surface area contributed by atoms with Gasteiger partial charge < -0.3 is 15.4 Å². The van der Waals surface area contributed by atoms with Crippen LogP contribution in [-0.4, -0.2) is 25.2 Å². The first-order chi connectivity index (χ1) is 9.10. The number of anilines is 2.